The Kier molecular flexibility index (Phi) is 5.07. The van der Waals surface area contributed by atoms with Crippen molar-refractivity contribution in [3.8, 4) is 0 Å². The predicted molar refractivity (Wildman–Crippen MR) is 82.9 cm³/mol. The first-order valence-electron chi connectivity index (χ1n) is 6.54. The first kappa shape index (κ1) is 16.6. The van der Waals surface area contributed by atoms with Crippen molar-refractivity contribution < 1.29 is 23.9 Å². The SMILES string of the molecule is NC(=O)c1ccsc1NC(=O)CC(C(=O)O)c1ccc(F)cc1. The molecule has 1 aromatic heterocycles. The molecule has 23 heavy (non-hydrogen) atoms. The lowest BCUT2D eigenvalue weighted by Crippen LogP contribution is -2.22. The monoisotopic (exact) mass is 336 g/mol. The molecule has 2 amide bonds. The van der Waals surface area contributed by atoms with Crippen molar-refractivity contribution in [2.75, 3.05) is 5.32 Å². The largest absolute Gasteiger partial charge is 0.481 e. The van der Waals surface area contributed by atoms with E-state index in [-0.39, 0.29) is 17.0 Å². The summed E-state index contributed by atoms with van der Waals surface area (Å²) in [5.41, 5.74) is 5.66. The van der Waals surface area contributed by atoms with Crippen molar-refractivity contribution in [2.24, 2.45) is 5.73 Å². The molecular weight excluding hydrogens is 323 g/mol. The van der Waals surface area contributed by atoms with Crippen LogP contribution >= 0.6 is 11.3 Å². The topological polar surface area (TPSA) is 109 Å². The highest BCUT2D eigenvalue weighted by Crippen LogP contribution is 2.25. The third-order valence-electron chi connectivity index (χ3n) is 3.14. The van der Waals surface area contributed by atoms with E-state index in [1.807, 2.05) is 0 Å². The molecule has 1 unspecified atom stereocenters. The van der Waals surface area contributed by atoms with Crippen molar-refractivity contribution >= 4 is 34.1 Å². The van der Waals surface area contributed by atoms with Gasteiger partial charge in [-0.3, -0.25) is 14.4 Å². The van der Waals surface area contributed by atoms with Gasteiger partial charge in [0, 0.05) is 6.42 Å². The number of amides is 2. The Hall–Kier alpha value is -2.74. The van der Waals surface area contributed by atoms with Crippen molar-refractivity contribution in [3.63, 3.8) is 0 Å². The van der Waals surface area contributed by atoms with E-state index in [1.165, 1.54) is 18.2 Å². The second-order valence-electron chi connectivity index (χ2n) is 4.72. The maximum absolute atomic E-state index is 12.9. The number of aliphatic carboxylic acids is 1. The van der Waals surface area contributed by atoms with Crippen LogP contribution in [0.25, 0.3) is 0 Å². The summed E-state index contributed by atoms with van der Waals surface area (Å²) in [6, 6.07) is 6.38. The number of benzene rings is 1. The molecule has 0 fully saturated rings. The number of halogens is 1. The number of hydrogen-bond acceptors (Lipinski definition) is 4. The van der Waals surface area contributed by atoms with Gasteiger partial charge in [0.15, 0.2) is 0 Å². The number of carboxylic acids is 1. The predicted octanol–water partition coefficient (Wildman–Crippen LogP) is 2.18. The number of nitrogens with one attached hydrogen (secondary N) is 1. The Bertz CT molecular complexity index is 742. The van der Waals surface area contributed by atoms with E-state index in [0.717, 1.165) is 23.5 Å². The van der Waals surface area contributed by atoms with Gasteiger partial charge in [0.2, 0.25) is 5.91 Å². The van der Waals surface area contributed by atoms with Crippen molar-refractivity contribution in [1.82, 2.24) is 0 Å². The zero-order valence-electron chi connectivity index (χ0n) is 11.8. The fourth-order valence-corrected chi connectivity index (χ4v) is 2.81. The first-order chi connectivity index (χ1) is 10.9. The minimum atomic E-state index is -1.20. The molecule has 0 aliphatic rings. The molecule has 0 aliphatic carbocycles. The number of thiophene rings is 1. The molecule has 0 bridgehead atoms. The molecule has 4 N–H and O–H groups in total. The minimum Gasteiger partial charge on any atom is -0.481 e. The summed E-state index contributed by atoms with van der Waals surface area (Å²) in [4.78, 5) is 34.6. The summed E-state index contributed by atoms with van der Waals surface area (Å²) in [6.07, 6.45) is -0.350. The smallest absolute Gasteiger partial charge is 0.311 e. The third kappa shape index (κ3) is 4.13. The number of nitrogens with two attached hydrogens (primary N) is 1. The lowest BCUT2D eigenvalue weighted by Gasteiger charge is -2.12. The number of rotatable bonds is 6. The van der Waals surface area contributed by atoms with Crippen LogP contribution in [0.2, 0.25) is 0 Å². The second kappa shape index (κ2) is 7.01. The van der Waals surface area contributed by atoms with Crippen LogP contribution in [-0.2, 0) is 9.59 Å². The standard InChI is InChI=1S/C15H13FN2O4S/c16-9-3-1-8(2-4-9)11(15(21)22)7-12(19)18-14-10(13(17)20)5-6-23-14/h1-6,11H,7H2,(H2,17,20)(H,18,19)(H,21,22). The fraction of sp³-hybridized carbons (Fsp3) is 0.133. The second-order valence-corrected chi connectivity index (χ2v) is 5.64. The fourth-order valence-electron chi connectivity index (χ4n) is 2.01. The summed E-state index contributed by atoms with van der Waals surface area (Å²) in [6.45, 7) is 0. The molecule has 2 rings (SSSR count). The van der Waals surface area contributed by atoms with E-state index < -0.39 is 29.5 Å². The molecule has 0 spiro atoms. The average Bonchev–Trinajstić information content (AvgIpc) is 2.94. The molecule has 6 nitrogen and oxygen atoms in total. The molecule has 0 radical (unpaired) electrons. The Labute approximate surface area is 134 Å². The van der Waals surface area contributed by atoms with Gasteiger partial charge in [-0.25, -0.2) is 4.39 Å². The van der Waals surface area contributed by atoms with E-state index in [1.54, 1.807) is 5.38 Å². The highest BCUT2D eigenvalue weighted by atomic mass is 32.1. The third-order valence-corrected chi connectivity index (χ3v) is 3.97. The Morgan fingerprint density at radius 1 is 1.22 bits per heavy atom. The van der Waals surface area contributed by atoms with Gasteiger partial charge in [0.05, 0.1) is 11.5 Å². The van der Waals surface area contributed by atoms with Crippen LogP contribution in [0.15, 0.2) is 35.7 Å². The molecule has 8 heteroatoms. The van der Waals surface area contributed by atoms with Crippen molar-refractivity contribution in [1.29, 1.82) is 0 Å². The van der Waals surface area contributed by atoms with E-state index in [4.69, 9.17) is 5.73 Å². The number of hydrogen-bond donors (Lipinski definition) is 3. The quantitative estimate of drug-likeness (QED) is 0.751. The van der Waals surface area contributed by atoms with Crippen LogP contribution in [0.5, 0.6) is 0 Å². The van der Waals surface area contributed by atoms with Gasteiger partial charge >= 0.3 is 5.97 Å². The van der Waals surface area contributed by atoms with E-state index in [9.17, 15) is 23.9 Å². The van der Waals surface area contributed by atoms with Crippen molar-refractivity contribution in [3.05, 3.63) is 52.7 Å². The highest BCUT2D eigenvalue weighted by molar-refractivity contribution is 7.14. The van der Waals surface area contributed by atoms with Gasteiger partial charge in [-0.2, -0.15) is 0 Å². The molecule has 1 atom stereocenters. The first-order valence-corrected chi connectivity index (χ1v) is 7.42. The number of carbonyl (C=O) groups is 3. The zero-order valence-corrected chi connectivity index (χ0v) is 12.6. The number of carboxylic acid groups (broad SMARTS) is 1. The summed E-state index contributed by atoms with van der Waals surface area (Å²) < 4.78 is 12.9. The summed E-state index contributed by atoms with van der Waals surface area (Å²) in [5.74, 6) is -4.07. The van der Waals surface area contributed by atoms with Gasteiger partial charge in [-0.1, -0.05) is 12.1 Å². The van der Waals surface area contributed by atoms with Crippen molar-refractivity contribution in [2.45, 2.75) is 12.3 Å². The highest BCUT2D eigenvalue weighted by Gasteiger charge is 2.24. The van der Waals surface area contributed by atoms with Crippen LogP contribution in [-0.4, -0.2) is 22.9 Å². The molecule has 1 aromatic carbocycles. The van der Waals surface area contributed by atoms with Gasteiger partial charge in [0.25, 0.3) is 5.91 Å². The molecule has 0 aliphatic heterocycles. The minimum absolute atomic E-state index is 0.164. The van der Waals surface area contributed by atoms with Gasteiger partial charge < -0.3 is 16.2 Å². The van der Waals surface area contributed by atoms with E-state index in [2.05, 4.69) is 5.32 Å². The van der Waals surface area contributed by atoms with Crippen LogP contribution in [0.1, 0.15) is 28.3 Å². The Morgan fingerprint density at radius 2 is 1.87 bits per heavy atom. The lowest BCUT2D eigenvalue weighted by atomic mass is 9.95. The van der Waals surface area contributed by atoms with Crippen LogP contribution < -0.4 is 11.1 Å². The van der Waals surface area contributed by atoms with Gasteiger partial charge in [-0.05, 0) is 29.1 Å². The molecule has 2 aromatic rings. The number of primary amides is 1. The maximum atomic E-state index is 12.9. The number of anilines is 1. The molecular formula is C15H13FN2O4S. The molecule has 120 valence electrons. The summed E-state index contributed by atoms with van der Waals surface area (Å²) >= 11 is 1.11. The lowest BCUT2D eigenvalue weighted by molar-refractivity contribution is -0.140. The van der Waals surface area contributed by atoms with E-state index in [0.29, 0.717) is 5.56 Å². The van der Waals surface area contributed by atoms with Gasteiger partial charge in [0.1, 0.15) is 10.8 Å². The maximum Gasteiger partial charge on any atom is 0.311 e. The Balaban J connectivity index is 2.12. The van der Waals surface area contributed by atoms with Crippen LogP contribution in [0.3, 0.4) is 0 Å². The molecule has 1 heterocycles. The number of carbonyl (C=O) groups excluding carboxylic acids is 2. The average molecular weight is 336 g/mol. The zero-order chi connectivity index (χ0) is 17.0. The van der Waals surface area contributed by atoms with Crippen LogP contribution in [0.4, 0.5) is 9.39 Å². The normalized spacial score (nSPS) is 11.7. The molecule has 0 saturated heterocycles. The molecule has 0 saturated carbocycles. The summed E-state index contributed by atoms with van der Waals surface area (Å²) in [7, 11) is 0. The Morgan fingerprint density at radius 3 is 2.43 bits per heavy atom. The van der Waals surface area contributed by atoms with E-state index >= 15 is 0 Å². The van der Waals surface area contributed by atoms with Crippen LogP contribution in [0, 0.1) is 5.82 Å². The summed E-state index contributed by atoms with van der Waals surface area (Å²) in [5, 5.41) is 13.6. The van der Waals surface area contributed by atoms with Gasteiger partial charge in [-0.15, -0.1) is 11.3 Å².